The van der Waals surface area contributed by atoms with Crippen molar-refractivity contribution in [3.8, 4) is 0 Å². The molecule has 1 saturated heterocycles. The molecule has 0 aromatic heterocycles. The first-order valence-electron chi connectivity index (χ1n) is 5.46. The summed E-state index contributed by atoms with van der Waals surface area (Å²) in [6.45, 7) is 8.96. The van der Waals surface area contributed by atoms with E-state index in [0.29, 0.717) is 0 Å². The van der Waals surface area contributed by atoms with E-state index < -0.39 is 0 Å². The fourth-order valence-electron chi connectivity index (χ4n) is 2.01. The zero-order chi connectivity index (χ0) is 10.6. The molecule has 1 aliphatic heterocycles. The van der Waals surface area contributed by atoms with Crippen LogP contribution in [0.25, 0.3) is 0 Å². The van der Waals surface area contributed by atoms with Crippen LogP contribution in [-0.2, 0) is 4.79 Å². The van der Waals surface area contributed by atoms with Crippen LogP contribution in [0.15, 0.2) is 0 Å². The Bertz CT molecular complexity index is 192. The number of amides is 1. The van der Waals surface area contributed by atoms with E-state index in [1.165, 1.54) is 5.92 Å². The molecule has 1 rings (SSSR count). The van der Waals surface area contributed by atoms with Crippen molar-refractivity contribution in [2.45, 2.75) is 39.7 Å². The van der Waals surface area contributed by atoms with Crippen molar-refractivity contribution in [1.82, 2.24) is 10.2 Å². The Balaban J connectivity index is 2.46. The van der Waals surface area contributed by atoms with Gasteiger partial charge in [0.05, 0.1) is 6.04 Å². The van der Waals surface area contributed by atoms with Crippen LogP contribution in [0.2, 0.25) is 0 Å². The van der Waals surface area contributed by atoms with Crippen molar-refractivity contribution in [3.63, 3.8) is 0 Å². The van der Waals surface area contributed by atoms with Gasteiger partial charge < -0.3 is 5.32 Å². The van der Waals surface area contributed by atoms with Crippen LogP contribution in [0.1, 0.15) is 33.6 Å². The molecule has 0 saturated carbocycles. The third-order valence-electron chi connectivity index (χ3n) is 2.54. The van der Waals surface area contributed by atoms with Crippen LogP contribution in [-0.4, -0.2) is 36.5 Å². The highest BCUT2D eigenvalue weighted by Gasteiger charge is 2.30. The van der Waals surface area contributed by atoms with E-state index in [-0.39, 0.29) is 11.9 Å². The molecule has 0 unspecified atom stereocenters. The molecule has 0 aromatic rings. The van der Waals surface area contributed by atoms with E-state index in [0.717, 1.165) is 32.5 Å². The van der Waals surface area contributed by atoms with E-state index in [2.05, 4.69) is 24.1 Å². The van der Waals surface area contributed by atoms with E-state index >= 15 is 0 Å². The number of carbonyl (C=O) groups excluding carboxylic acids is 1. The normalized spacial score (nSPS) is 23.0. The van der Waals surface area contributed by atoms with Crippen LogP contribution < -0.4 is 5.32 Å². The molecule has 1 radical (unpaired) electrons. The molecule has 0 bridgehead atoms. The van der Waals surface area contributed by atoms with Gasteiger partial charge in [-0.3, -0.25) is 9.69 Å². The van der Waals surface area contributed by atoms with Gasteiger partial charge in [0.1, 0.15) is 0 Å². The zero-order valence-electron chi connectivity index (χ0n) is 9.47. The molecule has 0 aromatic carbocycles. The van der Waals surface area contributed by atoms with Gasteiger partial charge in [0.15, 0.2) is 0 Å². The van der Waals surface area contributed by atoms with Crippen LogP contribution >= 0.6 is 0 Å². The fraction of sp³-hybridized carbons (Fsp3) is 0.818. The van der Waals surface area contributed by atoms with Gasteiger partial charge in [-0.1, -0.05) is 13.8 Å². The summed E-state index contributed by atoms with van der Waals surface area (Å²) >= 11 is 0. The largest absolute Gasteiger partial charge is 0.355 e. The van der Waals surface area contributed by atoms with Gasteiger partial charge in [0.25, 0.3) is 0 Å². The second-order valence-electron chi connectivity index (χ2n) is 4.23. The highest BCUT2D eigenvalue weighted by molar-refractivity contribution is 5.81. The number of carbonyl (C=O) groups is 1. The summed E-state index contributed by atoms with van der Waals surface area (Å²) in [5.41, 5.74) is 0. The molecule has 1 fully saturated rings. The number of likely N-dealkylation sites (tertiary alicyclic amines) is 1. The van der Waals surface area contributed by atoms with Gasteiger partial charge in [-0.15, -0.1) is 0 Å². The standard InChI is InChI=1S/C11H21N2O/c1-4-12-11(14)10-6-5-7-13(10)8-9(2)3/h10H,4-8H2,1-3H3,(H,12,14)/t10-/m1/s1. The predicted octanol–water partition coefficient (Wildman–Crippen LogP) is 1.20. The lowest BCUT2D eigenvalue weighted by atomic mass is 10.1. The lowest BCUT2D eigenvalue weighted by Gasteiger charge is -2.24. The predicted molar refractivity (Wildman–Crippen MR) is 57.9 cm³/mol. The van der Waals surface area contributed by atoms with Crippen molar-refractivity contribution < 1.29 is 4.79 Å². The summed E-state index contributed by atoms with van der Waals surface area (Å²) in [6, 6.07) is 0.116. The van der Waals surface area contributed by atoms with Crippen LogP contribution in [0.3, 0.4) is 0 Å². The Hall–Kier alpha value is -0.570. The summed E-state index contributed by atoms with van der Waals surface area (Å²) in [5, 5.41) is 2.90. The fourth-order valence-corrected chi connectivity index (χ4v) is 2.01. The van der Waals surface area contributed by atoms with Gasteiger partial charge in [-0.05, 0) is 32.2 Å². The van der Waals surface area contributed by atoms with Crippen LogP contribution in [0.5, 0.6) is 0 Å². The second kappa shape index (κ2) is 5.35. The molecule has 0 spiro atoms. The van der Waals surface area contributed by atoms with E-state index in [1.54, 1.807) is 0 Å². The van der Waals surface area contributed by atoms with E-state index in [4.69, 9.17) is 0 Å². The van der Waals surface area contributed by atoms with Gasteiger partial charge in [0, 0.05) is 13.1 Å². The summed E-state index contributed by atoms with van der Waals surface area (Å²) in [7, 11) is 0. The monoisotopic (exact) mass is 197 g/mol. The molecule has 1 N–H and O–H groups in total. The number of hydrogen-bond acceptors (Lipinski definition) is 2. The summed E-state index contributed by atoms with van der Waals surface area (Å²) in [4.78, 5) is 14.0. The Morgan fingerprint density at radius 3 is 2.79 bits per heavy atom. The third kappa shape index (κ3) is 2.98. The van der Waals surface area contributed by atoms with Crippen LogP contribution in [0.4, 0.5) is 0 Å². The van der Waals surface area contributed by atoms with Crippen molar-refractivity contribution in [2.75, 3.05) is 19.6 Å². The molecule has 1 heterocycles. The van der Waals surface area contributed by atoms with Crippen molar-refractivity contribution in [2.24, 2.45) is 0 Å². The third-order valence-corrected chi connectivity index (χ3v) is 2.54. The molecule has 1 atom stereocenters. The molecule has 81 valence electrons. The second-order valence-corrected chi connectivity index (χ2v) is 4.23. The van der Waals surface area contributed by atoms with Gasteiger partial charge in [-0.25, -0.2) is 0 Å². The maximum absolute atomic E-state index is 11.7. The Labute approximate surface area is 86.9 Å². The average Bonchev–Trinajstić information content (AvgIpc) is 2.51. The first-order chi connectivity index (χ1) is 6.65. The smallest absolute Gasteiger partial charge is 0.237 e. The lowest BCUT2D eigenvalue weighted by molar-refractivity contribution is -0.125. The van der Waals surface area contributed by atoms with E-state index in [1.807, 2.05) is 6.92 Å². The molecular weight excluding hydrogens is 176 g/mol. The SMILES string of the molecule is CCNC(=O)[C@H]1CCCN1C[C](C)C. The Morgan fingerprint density at radius 2 is 2.21 bits per heavy atom. The zero-order valence-corrected chi connectivity index (χ0v) is 9.47. The molecular formula is C11H21N2O. The molecule has 14 heavy (non-hydrogen) atoms. The molecule has 0 aliphatic carbocycles. The van der Waals surface area contributed by atoms with Crippen molar-refractivity contribution in [3.05, 3.63) is 5.92 Å². The quantitative estimate of drug-likeness (QED) is 0.734. The van der Waals surface area contributed by atoms with Gasteiger partial charge in [0.2, 0.25) is 5.91 Å². The lowest BCUT2D eigenvalue weighted by Crippen LogP contribution is -2.44. The topological polar surface area (TPSA) is 32.3 Å². The number of nitrogens with one attached hydrogen (secondary N) is 1. The summed E-state index contributed by atoms with van der Waals surface area (Å²) in [5.74, 6) is 1.58. The van der Waals surface area contributed by atoms with E-state index in [9.17, 15) is 4.79 Å². The molecule has 1 amide bonds. The highest BCUT2D eigenvalue weighted by atomic mass is 16.2. The number of nitrogens with zero attached hydrogens (tertiary/aromatic N) is 1. The minimum Gasteiger partial charge on any atom is -0.355 e. The van der Waals surface area contributed by atoms with Gasteiger partial charge in [-0.2, -0.15) is 0 Å². The molecule has 3 heteroatoms. The Morgan fingerprint density at radius 1 is 1.50 bits per heavy atom. The van der Waals surface area contributed by atoms with Crippen molar-refractivity contribution >= 4 is 5.91 Å². The van der Waals surface area contributed by atoms with Crippen molar-refractivity contribution in [1.29, 1.82) is 0 Å². The number of hydrogen-bond donors (Lipinski definition) is 1. The summed E-state index contributed by atoms with van der Waals surface area (Å²) < 4.78 is 0. The minimum absolute atomic E-state index is 0.116. The maximum atomic E-state index is 11.7. The molecule has 1 aliphatic rings. The minimum atomic E-state index is 0.116. The highest BCUT2D eigenvalue weighted by Crippen LogP contribution is 2.18. The first kappa shape index (κ1) is 11.5. The van der Waals surface area contributed by atoms with Gasteiger partial charge >= 0.3 is 0 Å². The average molecular weight is 197 g/mol. The molecule has 3 nitrogen and oxygen atoms in total. The maximum Gasteiger partial charge on any atom is 0.237 e. The Kier molecular flexibility index (Phi) is 4.39. The first-order valence-corrected chi connectivity index (χ1v) is 5.46. The number of likely N-dealkylation sites (N-methyl/N-ethyl adjacent to an activating group) is 1. The number of rotatable bonds is 4. The van der Waals surface area contributed by atoms with Crippen LogP contribution in [0, 0.1) is 5.92 Å². The summed E-state index contributed by atoms with van der Waals surface area (Å²) in [6.07, 6.45) is 2.16.